The summed E-state index contributed by atoms with van der Waals surface area (Å²) in [5.41, 5.74) is 2.71. The number of hydrogen-bond donors (Lipinski definition) is 1. The fourth-order valence-electron chi connectivity index (χ4n) is 4.77. The molecular weight excluding hydrogens is 498 g/mol. The van der Waals surface area contributed by atoms with Crippen molar-refractivity contribution < 1.29 is 14.3 Å². The van der Waals surface area contributed by atoms with Crippen molar-refractivity contribution in [2.45, 2.75) is 47.4 Å². The van der Waals surface area contributed by atoms with Gasteiger partial charge in [0.15, 0.2) is 16.6 Å². The van der Waals surface area contributed by atoms with Crippen LogP contribution in [0.25, 0.3) is 15.9 Å². The molecule has 0 unspecified atom stereocenters. The fraction of sp³-hybridized carbons (Fsp3) is 0.458. The molecule has 4 aromatic rings. The minimum absolute atomic E-state index is 0.0552. The Morgan fingerprint density at radius 3 is 2.78 bits per heavy atom. The maximum Gasteiger partial charge on any atom is 0.240 e. The second kappa shape index (κ2) is 9.03. The molecule has 0 bridgehead atoms. The molecular formula is C24H25N7O3S2. The van der Waals surface area contributed by atoms with Gasteiger partial charge in [-0.2, -0.15) is 9.61 Å². The van der Waals surface area contributed by atoms with Crippen molar-refractivity contribution in [2.75, 3.05) is 38.2 Å². The zero-order valence-corrected chi connectivity index (χ0v) is 21.2. The Kier molecular flexibility index (Phi) is 5.66. The quantitative estimate of drug-likeness (QED) is 0.406. The Hall–Kier alpha value is -2.64. The number of rotatable bonds is 6. The molecule has 12 heteroatoms. The highest BCUT2D eigenvalue weighted by molar-refractivity contribution is 7.99. The minimum Gasteiger partial charge on any atom is -0.347 e. The second-order valence-electron chi connectivity index (χ2n) is 9.47. The summed E-state index contributed by atoms with van der Waals surface area (Å²) < 4.78 is 14.4. The molecule has 7 rings (SSSR count). The van der Waals surface area contributed by atoms with Gasteiger partial charge in [-0.3, -0.25) is 9.69 Å². The van der Waals surface area contributed by atoms with Crippen molar-refractivity contribution >= 4 is 50.0 Å². The standard InChI is InChI=1S/C24H25N7O3S2/c32-21(14-30-9-7-24(8-10-30)33-11-12-34-24)26-22-25-18-4-3-16(13-19(18)36-22)35-23-28-27-20-6-5-17(15-1-2-15)29-31(20)23/h3-6,13,15H,1-2,7-12,14H2,(H,25,26,32). The number of aromatic nitrogens is 5. The van der Waals surface area contributed by atoms with Crippen LogP contribution in [0.5, 0.6) is 0 Å². The maximum absolute atomic E-state index is 12.7. The van der Waals surface area contributed by atoms with Crippen molar-refractivity contribution in [3.05, 3.63) is 36.0 Å². The lowest BCUT2D eigenvalue weighted by molar-refractivity contribution is -0.185. The Labute approximate surface area is 215 Å². The van der Waals surface area contributed by atoms with Gasteiger partial charge in [-0.05, 0) is 54.9 Å². The van der Waals surface area contributed by atoms with Crippen molar-refractivity contribution in [3.63, 3.8) is 0 Å². The van der Waals surface area contributed by atoms with Gasteiger partial charge in [-0.25, -0.2) is 4.98 Å². The number of carbonyl (C=O) groups is 1. The Morgan fingerprint density at radius 1 is 1.14 bits per heavy atom. The number of anilines is 1. The first kappa shape index (κ1) is 22.5. The first-order valence-corrected chi connectivity index (χ1v) is 13.9. The molecule has 10 nitrogen and oxygen atoms in total. The summed E-state index contributed by atoms with van der Waals surface area (Å²) in [6.45, 7) is 3.21. The van der Waals surface area contributed by atoms with Crippen molar-refractivity contribution in [2.24, 2.45) is 0 Å². The van der Waals surface area contributed by atoms with Crippen LogP contribution in [0.3, 0.4) is 0 Å². The lowest BCUT2D eigenvalue weighted by Gasteiger charge is -2.37. The average molecular weight is 524 g/mol. The van der Waals surface area contributed by atoms with Gasteiger partial charge in [0.05, 0.1) is 35.7 Å². The summed E-state index contributed by atoms with van der Waals surface area (Å²) in [5, 5.41) is 17.7. The molecule has 1 aromatic carbocycles. The normalized spacial score (nSPS) is 20.0. The first-order chi connectivity index (χ1) is 17.6. The SMILES string of the molecule is O=C(CN1CCC2(CC1)OCCO2)Nc1nc2ccc(Sc3nnc4ccc(C5CC5)nn34)cc2s1. The molecule has 2 aliphatic heterocycles. The molecule has 1 aliphatic carbocycles. The summed E-state index contributed by atoms with van der Waals surface area (Å²) >= 11 is 3.00. The third kappa shape index (κ3) is 4.48. The lowest BCUT2D eigenvalue weighted by atomic mass is 10.0. The van der Waals surface area contributed by atoms with Crippen LogP contribution >= 0.6 is 23.1 Å². The van der Waals surface area contributed by atoms with E-state index in [2.05, 4.69) is 37.5 Å². The van der Waals surface area contributed by atoms with Gasteiger partial charge in [0, 0.05) is 36.7 Å². The molecule has 0 atom stereocenters. The van der Waals surface area contributed by atoms with E-state index in [1.165, 1.54) is 35.9 Å². The summed E-state index contributed by atoms with van der Waals surface area (Å²) in [6, 6.07) is 10.1. The monoisotopic (exact) mass is 523 g/mol. The summed E-state index contributed by atoms with van der Waals surface area (Å²) in [5.74, 6) is 0.0865. The van der Waals surface area contributed by atoms with E-state index < -0.39 is 5.79 Å². The number of fused-ring (bicyclic) bond motifs is 2. The number of amides is 1. The van der Waals surface area contributed by atoms with Gasteiger partial charge in [0.25, 0.3) is 0 Å². The number of nitrogens with zero attached hydrogens (tertiary/aromatic N) is 6. The number of nitrogens with one attached hydrogen (secondary N) is 1. The second-order valence-corrected chi connectivity index (χ2v) is 11.5. The zero-order valence-electron chi connectivity index (χ0n) is 19.6. The van der Waals surface area contributed by atoms with Crippen LogP contribution in [0.2, 0.25) is 0 Å². The van der Waals surface area contributed by atoms with Crippen LogP contribution in [0.1, 0.15) is 37.3 Å². The van der Waals surface area contributed by atoms with Crippen LogP contribution < -0.4 is 5.32 Å². The summed E-state index contributed by atoms with van der Waals surface area (Å²) in [4.78, 5) is 20.4. The number of carbonyl (C=O) groups excluding carboxylic acids is 1. The molecule has 5 heterocycles. The number of piperidine rings is 1. The predicted octanol–water partition coefficient (Wildman–Crippen LogP) is 3.54. The molecule has 1 saturated carbocycles. The molecule has 3 aliphatic rings. The zero-order chi connectivity index (χ0) is 24.1. The molecule has 0 radical (unpaired) electrons. The van der Waals surface area contributed by atoms with E-state index in [4.69, 9.17) is 14.6 Å². The van der Waals surface area contributed by atoms with Crippen LogP contribution in [0.4, 0.5) is 5.13 Å². The van der Waals surface area contributed by atoms with Gasteiger partial charge in [-0.15, -0.1) is 10.2 Å². The molecule has 1 N–H and O–H groups in total. The number of benzene rings is 1. The summed E-state index contributed by atoms with van der Waals surface area (Å²) in [6.07, 6.45) is 3.99. The maximum atomic E-state index is 12.7. The van der Waals surface area contributed by atoms with Gasteiger partial charge in [0.2, 0.25) is 11.1 Å². The fourth-order valence-corrected chi connectivity index (χ4v) is 6.59. The predicted molar refractivity (Wildman–Crippen MR) is 135 cm³/mol. The molecule has 3 fully saturated rings. The third-order valence-electron chi connectivity index (χ3n) is 6.86. The van der Waals surface area contributed by atoms with E-state index >= 15 is 0 Å². The number of ether oxygens (including phenoxy) is 2. The van der Waals surface area contributed by atoms with Crippen molar-refractivity contribution in [3.8, 4) is 0 Å². The van der Waals surface area contributed by atoms with Crippen LogP contribution in [0.15, 0.2) is 40.4 Å². The smallest absolute Gasteiger partial charge is 0.240 e. The van der Waals surface area contributed by atoms with Gasteiger partial charge in [0.1, 0.15) is 0 Å². The van der Waals surface area contributed by atoms with E-state index in [9.17, 15) is 4.79 Å². The highest BCUT2D eigenvalue weighted by Gasteiger charge is 2.40. The lowest BCUT2D eigenvalue weighted by Crippen LogP contribution is -2.47. The Bertz CT molecular complexity index is 1430. The number of hydrogen-bond acceptors (Lipinski definition) is 10. The van der Waals surface area contributed by atoms with E-state index in [1.54, 1.807) is 0 Å². The Balaban J connectivity index is 1.01. The first-order valence-electron chi connectivity index (χ1n) is 12.2. The summed E-state index contributed by atoms with van der Waals surface area (Å²) in [7, 11) is 0. The van der Waals surface area contributed by atoms with Crippen molar-refractivity contribution in [1.29, 1.82) is 0 Å². The van der Waals surface area contributed by atoms with Crippen LogP contribution in [0, 0.1) is 0 Å². The third-order valence-corrected chi connectivity index (χ3v) is 8.72. The highest BCUT2D eigenvalue weighted by Crippen LogP contribution is 2.39. The molecule has 1 amide bonds. The highest BCUT2D eigenvalue weighted by atomic mass is 32.2. The molecule has 36 heavy (non-hydrogen) atoms. The van der Waals surface area contributed by atoms with Crippen molar-refractivity contribution in [1.82, 2.24) is 29.7 Å². The number of thiazole rings is 1. The number of likely N-dealkylation sites (tertiary alicyclic amines) is 1. The molecule has 186 valence electrons. The van der Waals surface area contributed by atoms with Gasteiger partial charge in [-0.1, -0.05) is 11.3 Å². The molecule has 1 spiro atoms. The van der Waals surface area contributed by atoms with E-state index in [0.717, 1.165) is 57.5 Å². The largest absolute Gasteiger partial charge is 0.347 e. The van der Waals surface area contributed by atoms with Crippen LogP contribution in [-0.4, -0.2) is 74.2 Å². The molecule has 3 aromatic heterocycles. The van der Waals surface area contributed by atoms with Crippen LogP contribution in [-0.2, 0) is 14.3 Å². The van der Waals surface area contributed by atoms with Gasteiger partial charge >= 0.3 is 0 Å². The molecule has 2 saturated heterocycles. The Morgan fingerprint density at radius 2 is 1.97 bits per heavy atom. The van der Waals surface area contributed by atoms with Gasteiger partial charge < -0.3 is 14.8 Å². The van der Waals surface area contributed by atoms with E-state index in [1.807, 2.05) is 22.7 Å². The topological polar surface area (TPSA) is 107 Å². The van der Waals surface area contributed by atoms with E-state index in [0.29, 0.717) is 30.8 Å². The minimum atomic E-state index is -0.427. The van der Waals surface area contributed by atoms with E-state index in [-0.39, 0.29) is 5.91 Å². The average Bonchev–Trinajstić information content (AvgIpc) is 3.32.